The summed E-state index contributed by atoms with van der Waals surface area (Å²) in [5, 5.41) is 22.8. The van der Waals surface area contributed by atoms with Crippen LogP contribution in [0.3, 0.4) is 0 Å². The lowest BCUT2D eigenvalue weighted by molar-refractivity contribution is 1.15. The number of hydrogen-bond acceptors (Lipinski definition) is 2. The Morgan fingerprint density at radius 2 is 0.932 bits per heavy atom. The molecule has 0 aliphatic rings. The van der Waals surface area contributed by atoms with Crippen LogP contribution < -0.4 is 9.80 Å². The molecule has 0 amide bonds. The van der Waals surface area contributed by atoms with Crippen LogP contribution >= 0.6 is 0 Å². The second-order valence-corrected chi connectivity index (χ2v) is 18.6. The second-order valence-electron chi connectivity index (χ2n) is 18.6. The highest BCUT2D eigenvalue weighted by molar-refractivity contribution is 6.41. The molecule has 2 heteroatoms. The van der Waals surface area contributed by atoms with Gasteiger partial charge in [0.2, 0.25) is 0 Å². The number of terminal acetylenes is 1. The number of anilines is 5. The maximum Gasteiger partial charge on any atom is 0.0540 e. The van der Waals surface area contributed by atoms with Crippen molar-refractivity contribution in [1.29, 1.82) is 0 Å². The van der Waals surface area contributed by atoms with Crippen molar-refractivity contribution in [2.45, 2.75) is 41.5 Å². The first-order chi connectivity index (χ1) is 36.5. The fraction of sp³-hybridized carbons (Fsp3) is 0.0833. The summed E-state index contributed by atoms with van der Waals surface area (Å²) in [5.74, 6) is 2.69. The standard InChI is InChI=1S/C68H46N2.2C2H6/c1-5-7-26-51(43(3)4)65(19-6-2)69(47-22-10-8-11-23-47)49-34-33-45-38-59-58(39-46(45)37-49)54-28-17-31-57-61-41-63-53-36-35-50(40-60(53)55-29-18-30-56(67(55)63)62(61)42-64(59)68(54)57)70(48-24-12-9-13-25-48)66-32-16-21-44-20-14-15-27-52(44)66;2*1-2/h1,6-42H,2H2,3-4H3;2*1-2H3/b26-7-,65-19+;;. The zero-order valence-electron chi connectivity index (χ0n) is 43.0. The van der Waals surface area contributed by atoms with E-state index in [2.05, 4.69) is 242 Å². The van der Waals surface area contributed by atoms with Crippen LogP contribution in [0.4, 0.5) is 28.4 Å². The largest absolute Gasteiger partial charge is 0.310 e. The first-order valence-electron chi connectivity index (χ1n) is 26.0. The van der Waals surface area contributed by atoms with E-state index in [1.807, 2.05) is 39.8 Å². The fourth-order valence-corrected chi connectivity index (χ4v) is 11.5. The molecule has 2 nitrogen and oxygen atoms in total. The monoisotopic (exact) mass is 950 g/mol. The first kappa shape index (κ1) is 47.2. The summed E-state index contributed by atoms with van der Waals surface area (Å²) in [5.41, 5.74) is 8.72. The summed E-state index contributed by atoms with van der Waals surface area (Å²) >= 11 is 0. The van der Waals surface area contributed by atoms with Gasteiger partial charge in [-0.15, -0.1) is 6.42 Å². The zero-order valence-corrected chi connectivity index (χ0v) is 43.0. The van der Waals surface area contributed by atoms with Crippen LogP contribution in [0.25, 0.3) is 97.0 Å². The third kappa shape index (κ3) is 7.68. The van der Waals surface area contributed by atoms with E-state index < -0.39 is 0 Å². The van der Waals surface area contributed by atoms with Crippen molar-refractivity contribution in [2.24, 2.45) is 0 Å². The molecule has 0 heterocycles. The molecule has 0 atom stereocenters. The molecule has 74 heavy (non-hydrogen) atoms. The third-order valence-electron chi connectivity index (χ3n) is 14.5. The lowest BCUT2D eigenvalue weighted by Gasteiger charge is -2.29. The predicted molar refractivity (Wildman–Crippen MR) is 327 cm³/mol. The van der Waals surface area contributed by atoms with Gasteiger partial charge >= 0.3 is 0 Å². The van der Waals surface area contributed by atoms with Crippen LogP contribution in [0.5, 0.6) is 0 Å². The summed E-state index contributed by atoms with van der Waals surface area (Å²) in [6.07, 6.45) is 13.5. The smallest absolute Gasteiger partial charge is 0.0540 e. The van der Waals surface area contributed by atoms with E-state index >= 15 is 0 Å². The Hall–Kier alpha value is -9.16. The molecule has 0 radical (unpaired) electrons. The van der Waals surface area contributed by atoms with E-state index in [0.717, 1.165) is 45.3 Å². The van der Waals surface area contributed by atoms with Crippen molar-refractivity contribution in [3.8, 4) is 12.3 Å². The Kier molecular flexibility index (Phi) is 12.6. The van der Waals surface area contributed by atoms with Gasteiger partial charge in [-0.05, 0) is 208 Å². The van der Waals surface area contributed by atoms with Gasteiger partial charge in [0.15, 0.2) is 0 Å². The first-order valence-corrected chi connectivity index (χ1v) is 26.0. The molecule has 0 N–H and O–H groups in total. The summed E-state index contributed by atoms with van der Waals surface area (Å²) in [4.78, 5) is 4.72. The zero-order chi connectivity index (χ0) is 51.0. The van der Waals surface area contributed by atoms with Crippen LogP contribution in [-0.4, -0.2) is 0 Å². The fourth-order valence-electron chi connectivity index (χ4n) is 11.5. The lowest BCUT2D eigenvalue weighted by atomic mass is 9.93. The Labute approximate surface area is 434 Å². The average Bonchev–Trinajstić information content (AvgIpc) is 3.96. The highest BCUT2D eigenvalue weighted by Crippen LogP contribution is 2.50. The highest BCUT2D eigenvalue weighted by Gasteiger charge is 2.23. The molecule has 356 valence electrons. The van der Waals surface area contributed by atoms with Gasteiger partial charge in [0, 0.05) is 28.1 Å². The number of fused-ring (bicyclic) bond motifs is 11. The number of allylic oxidation sites excluding steroid dienone is 5. The number of hydrogen-bond donors (Lipinski definition) is 0. The Morgan fingerprint density at radius 1 is 0.419 bits per heavy atom. The van der Waals surface area contributed by atoms with Gasteiger partial charge in [-0.2, -0.15) is 0 Å². The van der Waals surface area contributed by atoms with Gasteiger partial charge in [0.1, 0.15) is 0 Å². The summed E-state index contributed by atoms with van der Waals surface area (Å²) in [6.45, 7) is 16.4. The van der Waals surface area contributed by atoms with E-state index in [4.69, 9.17) is 6.42 Å². The normalized spacial score (nSPS) is 11.7. The molecule has 13 aromatic carbocycles. The Bertz CT molecular complexity index is 4380. The molecule has 0 fully saturated rings. The Balaban J connectivity index is 0.00000144. The summed E-state index contributed by atoms with van der Waals surface area (Å²) in [6, 6.07) is 74.0. The van der Waals surface area contributed by atoms with Crippen LogP contribution in [0, 0.1) is 12.3 Å². The highest BCUT2D eigenvalue weighted by atomic mass is 15.2. The SMILES string of the molecule is C#C/C=C\C(=C(C)C)/C(=C\C=C)N(c1ccccc1)c1ccc2cc3c(cc2c1)c1cccc2c4cc5c6ccc(N(c7ccccc7)c7cccc8ccccc78)cc6c6cccc(c4cc3c12)c65.CC.CC. The van der Waals surface area contributed by atoms with Crippen molar-refractivity contribution in [3.05, 3.63) is 248 Å². The molecule has 0 aromatic heterocycles. The molecule has 13 aromatic rings. The average molecular weight is 951 g/mol. The molecule has 0 spiro atoms. The van der Waals surface area contributed by atoms with Crippen LogP contribution in [0.15, 0.2) is 248 Å². The molecular weight excluding hydrogens is 893 g/mol. The Morgan fingerprint density at radius 3 is 1.57 bits per heavy atom. The van der Waals surface area contributed by atoms with E-state index in [0.29, 0.717) is 0 Å². The van der Waals surface area contributed by atoms with E-state index in [9.17, 15) is 0 Å². The number of nitrogens with zero attached hydrogens (tertiary/aromatic N) is 2. The summed E-state index contributed by atoms with van der Waals surface area (Å²) < 4.78 is 0. The maximum atomic E-state index is 5.74. The van der Waals surface area contributed by atoms with Crippen LogP contribution in [-0.2, 0) is 0 Å². The minimum absolute atomic E-state index is 0.998. The number of benzene rings is 11. The minimum atomic E-state index is 0.998. The molecule has 0 aliphatic heterocycles. The molecule has 0 unspecified atom stereocenters. The van der Waals surface area contributed by atoms with Crippen molar-refractivity contribution in [3.63, 3.8) is 0 Å². The molecule has 0 saturated heterocycles. The molecular formula is C72H58N2. The second kappa shape index (κ2) is 19.8. The maximum absolute atomic E-state index is 5.74. The topological polar surface area (TPSA) is 6.48 Å². The molecule has 13 rings (SSSR count). The number of rotatable bonds is 9. The van der Waals surface area contributed by atoms with Crippen molar-refractivity contribution >= 4 is 125 Å². The van der Waals surface area contributed by atoms with Gasteiger partial charge in [-0.25, -0.2) is 0 Å². The minimum Gasteiger partial charge on any atom is -0.310 e. The van der Waals surface area contributed by atoms with Gasteiger partial charge in [-0.1, -0.05) is 173 Å². The van der Waals surface area contributed by atoms with E-state index in [1.165, 1.54) is 97.0 Å². The van der Waals surface area contributed by atoms with Crippen LogP contribution in [0.1, 0.15) is 41.5 Å². The van der Waals surface area contributed by atoms with Gasteiger partial charge in [0.05, 0.1) is 11.4 Å². The van der Waals surface area contributed by atoms with Crippen molar-refractivity contribution < 1.29 is 0 Å². The van der Waals surface area contributed by atoms with Crippen LogP contribution in [0.2, 0.25) is 0 Å². The quantitative estimate of drug-likeness (QED) is 0.0808. The molecule has 0 bridgehead atoms. The summed E-state index contributed by atoms with van der Waals surface area (Å²) in [7, 11) is 0. The van der Waals surface area contributed by atoms with Gasteiger partial charge < -0.3 is 9.80 Å². The van der Waals surface area contributed by atoms with E-state index in [1.54, 1.807) is 6.08 Å². The van der Waals surface area contributed by atoms with Gasteiger partial charge in [-0.3, -0.25) is 0 Å². The van der Waals surface area contributed by atoms with Gasteiger partial charge in [0.25, 0.3) is 0 Å². The molecule has 0 aliphatic carbocycles. The lowest BCUT2D eigenvalue weighted by Crippen LogP contribution is -2.18. The van der Waals surface area contributed by atoms with E-state index in [-0.39, 0.29) is 0 Å². The number of para-hydroxylation sites is 2. The predicted octanol–water partition coefficient (Wildman–Crippen LogP) is 21.2. The third-order valence-corrected chi connectivity index (χ3v) is 14.5. The van der Waals surface area contributed by atoms with Crippen molar-refractivity contribution in [1.82, 2.24) is 0 Å². The van der Waals surface area contributed by atoms with Crippen molar-refractivity contribution in [2.75, 3.05) is 9.80 Å². The molecule has 0 saturated carbocycles.